The zero-order valence-corrected chi connectivity index (χ0v) is 12.8. The van der Waals surface area contributed by atoms with E-state index in [0.29, 0.717) is 29.7 Å². The highest BCUT2D eigenvalue weighted by atomic mass is 79.9. The molecular weight excluding hydrogens is 337 g/mol. The monoisotopic (exact) mass is 349 g/mol. The summed E-state index contributed by atoms with van der Waals surface area (Å²) in [6.07, 6.45) is 0. The van der Waals surface area contributed by atoms with Crippen LogP contribution in [0.2, 0.25) is 0 Å². The van der Waals surface area contributed by atoms with Gasteiger partial charge in [0.2, 0.25) is 0 Å². The van der Waals surface area contributed by atoms with Crippen LogP contribution in [-0.2, 0) is 6.54 Å². The molecule has 0 saturated heterocycles. The van der Waals surface area contributed by atoms with Gasteiger partial charge in [0.05, 0.1) is 12.1 Å². The van der Waals surface area contributed by atoms with Gasteiger partial charge in [-0.15, -0.1) is 0 Å². The third kappa shape index (κ3) is 2.93. The zero-order chi connectivity index (χ0) is 14.8. The van der Waals surface area contributed by atoms with Crippen LogP contribution in [0.3, 0.4) is 0 Å². The zero-order valence-electron chi connectivity index (χ0n) is 11.2. The van der Waals surface area contributed by atoms with Gasteiger partial charge in [0.25, 0.3) is 5.91 Å². The van der Waals surface area contributed by atoms with Gasteiger partial charge in [-0.2, -0.15) is 0 Å². The summed E-state index contributed by atoms with van der Waals surface area (Å²) in [6.45, 7) is 1.43. The second-order valence-corrected chi connectivity index (χ2v) is 5.66. The highest BCUT2D eigenvalue weighted by molar-refractivity contribution is 9.10. The molecular formula is C16H13BrFNO2. The van der Waals surface area contributed by atoms with E-state index in [1.807, 2.05) is 24.3 Å². The SMILES string of the molecule is O=C(c1ccc(F)cc1Br)N1CCOc2ccccc2C1. The minimum Gasteiger partial charge on any atom is -0.491 e. The lowest BCUT2D eigenvalue weighted by Gasteiger charge is -2.20. The van der Waals surface area contributed by atoms with Crippen LogP contribution in [0.4, 0.5) is 4.39 Å². The Hall–Kier alpha value is -1.88. The van der Waals surface area contributed by atoms with Crippen molar-refractivity contribution in [1.29, 1.82) is 0 Å². The van der Waals surface area contributed by atoms with Crippen molar-refractivity contribution in [3.8, 4) is 5.75 Å². The molecule has 21 heavy (non-hydrogen) atoms. The molecule has 1 heterocycles. The van der Waals surface area contributed by atoms with Crippen molar-refractivity contribution < 1.29 is 13.9 Å². The largest absolute Gasteiger partial charge is 0.491 e. The van der Waals surface area contributed by atoms with Crippen LogP contribution in [0.5, 0.6) is 5.75 Å². The number of halogens is 2. The lowest BCUT2D eigenvalue weighted by atomic mass is 10.1. The summed E-state index contributed by atoms with van der Waals surface area (Å²) in [5.74, 6) is 0.302. The summed E-state index contributed by atoms with van der Waals surface area (Å²) in [5.41, 5.74) is 1.43. The molecule has 0 unspecified atom stereocenters. The number of fused-ring (bicyclic) bond motifs is 1. The fraction of sp³-hybridized carbons (Fsp3) is 0.188. The van der Waals surface area contributed by atoms with Crippen molar-refractivity contribution in [3.05, 3.63) is 63.9 Å². The minimum absolute atomic E-state index is 0.137. The van der Waals surface area contributed by atoms with E-state index in [4.69, 9.17) is 4.74 Å². The average molecular weight is 350 g/mol. The second-order valence-electron chi connectivity index (χ2n) is 4.81. The Morgan fingerprint density at radius 1 is 1.24 bits per heavy atom. The summed E-state index contributed by atoms with van der Waals surface area (Å²) < 4.78 is 19.3. The predicted molar refractivity (Wildman–Crippen MR) is 80.8 cm³/mol. The first-order chi connectivity index (χ1) is 10.1. The smallest absolute Gasteiger partial charge is 0.255 e. The van der Waals surface area contributed by atoms with E-state index < -0.39 is 0 Å². The first-order valence-corrected chi connectivity index (χ1v) is 7.39. The van der Waals surface area contributed by atoms with Crippen LogP contribution >= 0.6 is 15.9 Å². The third-order valence-corrected chi connectivity index (χ3v) is 4.06. The average Bonchev–Trinajstić information content (AvgIpc) is 2.68. The molecule has 0 atom stereocenters. The van der Waals surface area contributed by atoms with Crippen molar-refractivity contribution in [2.45, 2.75) is 6.54 Å². The van der Waals surface area contributed by atoms with Crippen LogP contribution in [0.1, 0.15) is 15.9 Å². The first kappa shape index (κ1) is 14.1. The molecule has 3 nitrogen and oxygen atoms in total. The number of nitrogens with zero attached hydrogens (tertiary/aromatic N) is 1. The van der Waals surface area contributed by atoms with Gasteiger partial charge in [0.1, 0.15) is 18.2 Å². The molecule has 5 heteroatoms. The Balaban J connectivity index is 1.88. The van der Waals surface area contributed by atoms with E-state index in [-0.39, 0.29) is 11.7 Å². The van der Waals surface area contributed by atoms with E-state index in [1.54, 1.807) is 4.90 Å². The van der Waals surface area contributed by atoms with E-state index in [2.05, 4.69) is 15.9 Å². The summed E-state index contributed by atoms with van der Waals surface area (Å²) >= 11 is 3.25. The number of carbonyl (C=O) groups excluding carboxylic acids is 1. The van der Waals surface area contributed by atoms with Gasteiger partial charge >= 0.3 is 0 Å². The first-order valence-electron chi connectivity index (χ1n) is 6.60. The Morgan fingerprint density at radius 3 is 2.86 bits per heavy atom. The molecule has 108 valence electrons. The van der Waals surface area contributed by atoms with Crippen LogP contribution in [-0.4, -0.2) is 24.0 Å². The van der Waals surface area contributed by atoms with Gasteiger partial charge in [-0.3, -0.25) is 4.79 Å². The van der Waals surface area contributed by atoms with Crippen molar-refractivity contribution in [2.24, 2.45) is 0 Å². The molecule has 0 bridgehead atoms. The van der Waals surface area contributed by atoms with Crippen molar-refractivity contribution in [1.82, 2.24) is 4.90 Å². The van der Waals surface area contributed by atoms with Crippen LogP contribution in [0.15, 0.2) is 46.9 Å². The molecule has 0 aliphatic carbocycles. The van der Waals surface area contributed by atoms with E-state index in [9.17, 15) is 9.18 Å². The maximum Gasteiger partial charge on any atom is 0.255 e. The van der Waals surface area contributed by atoms with Gasteiger partial charge in [-0.1, -0.05) is 18.2 Å². The summed E-state index contributed by atoms with van der Waals surface area (Å²) in [6, 6.07) is 11.8. The highest BCUT2D eigenvalue weighted by Gasteiger charge is 2.22. The second kappa shape index (κ2) is 5.85. The number of carbonyl (C=O) groups is 1. The molecule has 1 aliphatic rings. The fourth-order valence-electron chi connectivity index (χ4n) is 2.33. The molecule has 3 rings (SSSR count). The number of rotatable bonds is 1. The Bertz CT molecular complexity index is 690. The van der Waals surface area contributed by atoms with Crippen molar-refractivity contribution in [3.63, 3.8) is 0 Å². The number of hydrogen-bond donors (Lipinski definition) is 0. The number of amides is 1. The Kier molecular flexibility index (Phi) is 3.92. The van der Waals surface area contributed by atoms with E-state index >= 15 is 0 Å². The molecule has 2 aromatic carbocycles. The van der Waals surface area contributed by atoms with Crippen LogP contribution in [0, 0.1) is 5.82 Å². The lowest BCUT2D eigenvalue weighted by molar-refractivity contribution is 0.0732. The Morgan fingerprint density at radius 2 is 2.05 bits per heavy atom. The molecule has 0 spiro atoms. The normalized spacial score (nSPS) is 14.1. The van der Waals surface area contributed by atoms with Gasteiger partial charge in [-0.25, -0.2) is 4.39 Å². The quantitative estimate of drug-likeness (QED) is 0.786. The van der Waals surface area contributed by atoms with Gasteiger partial charge < -0.3 is 9.64 Å². The molecule has 1 amide bonds. The van der Waals surface area contributed by atoms with Gasteiger partial charge in [0, 0.05) is 16.6 Å². The van der Waals surface area contributed by atoms with Crippen molar-refractivity contribution in [2.75, 3.05) is 13.2 Å². The maximum atomic E-state index is 13.1. The number of para-hydroxylation sites is 1. The standard InChI is InChI=1S/C16H13BrFNO2/c17-14-9-12(18)5-6-13(14)16(20)19-7-8-21-15-4-2-1-3-11(15)10-19/h1-6,9H,7-8,10H2. The van der Waals surface area contributed by atoms with Crippen LogP contribution in [0.25, 0.3) is 0 Å². The number of hydrogen-bond acceptors (Lipinski definition) is 2. The molecule has 0 aromatic heterocycles. The third-order valence-electron chi connectivity index (χ3n) is 3.40. The number of ether oxygens (including phenoxy) is 1. The molecule has 0 saturated carbocycles. The maximum absolute atomic E-state index is 13.1. The molecule has 2 aromatic rings. The molecule has 0 radical (unpaired) electrons. The summed E-state index contributed by atoms with van der Waals surface area (Å²) in [5, 5.41) is 0. The topological polar surface area (TPSA) is 29.5 Å². The molecule has 0 fully saturated rings. The lowest BCUT2D eigenvalue weighted by Crippen LogP contribution is -2.32. The summed E-state index contributed by atoms with van der Waals surface area (Å²) in [7, 11) is 0. The highest BCUT2D eigenvalue weighted by Crippen LogP contribution is 2.25. The Labute approximate surface area is 130 Å². The molecule has 0 N–H and O–H groups in total. The van der Waals surface area contributed by atoms with Gasteiger partial charge in [0.15, 0.2) is 0 Å². The predicted octanol–water partition coefficient (Wildman–Crippen LogP) is 3.62. The summed E-state index contributed by atoms with van der Waals surface area (Å²) in [4.78, 5) is 14.3. The van der Waals surface area contributed by atoms with E-state index in [0.717, 1.165) is 11.3 Å². The van der Waals surface area contributed by atoms with Crippen LogP contribution < -0.4 is 4.74 Å². The fourth-order valence-corrected chi connectivity index (χ4v) is 2.85. The van der Waals surface area contributed by atoms with Gasteiger partial charge in [-0.05, 0) is 40.2 Å². The minimum atomic E-state index is -0.372. The molecule has 1 aliphatic heterocycles. The van der Waals surface area contributed by atoms with Crippen molar-refractivity contribution >= 4 is 21.8 Å². The number of benzene rings is 2. The van der Waals surface area contributed by atoms with E-state index in [1.165, 1.54) is 18.2 Å².